The van der Waals surface area contributed by atoms with E-state index in [1.54, 1.807) is 12.4 Å². The minimum absolute atomic E-state index is 0.589. The molecular formula is C18H19N5. The van der Waals surface area contributed by atoms with Gasteiger partial charge in [0.1, 0.15) is 5.82 Å². The lowest BCUT2D eigenvalue weighted by molar-refractivity contribution is 1.07. The summed E-state index contributed by atoms with van der Waals surface area (Å²) in [5.74, 6) is 1.38. The highest BCUT2D eigenvalue weighted by Crippen LogP contribution is 2.21. The first-order chi connectivity index (χ1) is 11.3. The maximum atomic E-state index is 4.50. The number of hydrogen-bond donors (Lipinski definition) is 2. The van der Waals surface area contributed by atoms with Crippen molar-refractivity contribution in [3.63, 3.8) is 0 Å². The largest absolute Gasteiger partial charge is 0.366 e. The molecule has 23 heavy (non-hydrogen) atoms. The summed E-state index contributed by atoms with van der Waals surface area (Å²) in [6, 6.07) is 14.1. The third-order valence-corrected chi connectivity index (χ3v) is 3.65. The van der Waals surface area contributed by atoms with Gasteiger partial charge in [0.25, 0.3) is 0 Å². The van der Waals surface area contributed by atoms with Crippen LogP contribution in [0.3, 0.4) is 0 Å². The van der Waals surface area contributed by atoms with Crippen LogP contribution in [0.25, 0.3) is 11.3 Å². The molecule has 0 atom stereocenters. The van der Waals surface area contributed by atoms with Crippen molar-refractivity contribution in [2.45, 2.75) is 13.5 Å². The van der Waals surface area contributed by atoms with E-state index in [4.69, 9.17) is 0 Å². The summed E-state index contributed by atoms with van der Waals surface area (Å²) in [4.78, 5) is 13.0. The molecule has 5 nitrogen and oxygen atoms in total. The molecule has 0 saturated carbocycles. The Hall–Kier alpha value is -2.95. The van der Waals surface area contributed by atoms with Crippen molar-refractivity contribution in [3.8, 4) is 11.3 Å². The minimum Gasteiger partial charge on any atom is -0.366 e. The molecule has 0 aliphatic heterocycles. The quantitative estimate of drug-likeness (QED) is 0.755. The molecule has 2 heterocycles. The Bertz CT molecular complexity index is 786. The molecule has 3 aromatic rings. The summed E-state index contributed by atoms with van der Waals surface area (Å²) in [5.41, 5.74) is 4.39. The first-order valence-electron chi connectivity index (χ1n) is 7.52. The number of anilines is 2. The molecule has 0 bridgehead atoms. The van der Waals surface area contributed by atoms with Crippen molar-refractivity contribution in [2.75, 3.05) is 17.7 Å². The van der Waals surface area contributed by atoms with Crippen LogP contribution < -0.4 is 10.6 Å². The predicted octanol–water partition coefficient (Wildman–Crippen LogP) is 3.50. The SMILES string of the molecule is CNc1nc(NCc2ccccc2C)cc(-c2ccncc2)n1. The summed E-state index contributed by atoms with van der Waals surface area (Å²) < 4.78 is 0. The van der Waals surface area contributed by atoms with E-state index < -0.39 is 0 Å². The number of benzene rings is 1. The summed E-state index contributed by atoms with van der Waals surface area (Å²) in [6.07, 6.45) is 3.52. The highest BCUT2D eigenvalue weighted by atomic mass is 15.1. The van der Waals surface area contributed by atoms with Crippen LogP contribution in [0.5, 0.6) is 0 Å². The second kappa shape index (κ2) is 6.87. The average molecular weight is 305 g/mol. The van der Waals surface area contributed by atoms with Crippen molar-refractivity contribution < 1.29 is 0 Å². The van der Waals surface area contributed by atoms with Crippen LogP contribution in [-0.4, -0.2) is 22.0 Å². The smallest absolute Gasteiger partial charge is 0.224 e. The number of nitrogens with zero attached hydrogens (tertiary/aromatic N) is 3. The summed E-state index contributed by atoms with van der Waals surface area (Å²) in [6.45, 7) is 2.83. The molecule has 0 saturated heterocycles. The van der Waals surface area contributed by atoms with Gasteiger partial charge in [0, 0.05) is 37.6 Å². The normalized spacial score (nSPS) is 10.3. The van der Waals surface area contributed by atoms with E-state index in [1.165, 1.54) is 11.1 Å². The standard InChI is InChI=1S/C18H19N5/c1-13-5-3-4-6-15(13)12-21-17-11-16(22-18(19-2)23-17)14-7-9-20-10-8-14/h3-11H,12H2,1-2H3,(H2,19,21,22,23). The molecule has 3 rings (SSSR count). The first kappa shape index (κ1) is 15.0. The van der Waals surface area contributed by atoms with Gasteiger partial charge in [-0.15, -0.1) is 0 Å². The van der Waals surface area contributed by atoms with Gasteiger partial charge in [-0.3, -0.25) is 4.98 Å². The number of rotatable bonds is 5. The summed E-state index contributed by atoms with van der Waals surface area (Å²) >= 11 is 0. The average Bonchev–Trinajstić information content (AvgIpc) is 2.61. The molecule has 5 heteroatoms. The van der Waals surface area contributed by atoms with Crippen molar-refractivity contribution in [1.29, 1.82) is 0 Å². The zero-order valence-corrected chi connectivity index (χ0v) is 13.2. The second-order valence-electron chi connectivity index (χ2n) is 5.23. The Morgan fingerprint density at radius 1 is 1.00 bits per heavy atom. The van der Waals surface area contributed by atoms with Gasteiger partial charge >= 0.3 is 0 Å². The van der Waals surface area contributed by atoms with E-state index in [0.29, 0.717) is 5.95 Å². The van der Waals surface area contributed by atoms with Crippen LogP contribution in [0, 0.1) is 6.92 Å². The lowest BCUT2D eigenvalue weighted by Gasteiger charge is -2.11. The van der Waals surface area contributed by atoms with Gasteiger partial charge in [0.2, 0.25) is 5.95 Å². The molecule has 0 unspecified atom stereocenters. The van der Waals surface area contributed by atoms with E-state index in [2.05, 4.69) is 44.6 Å². The molecule has 0 spiro atoms. The third-order valence-electron chi connectivity index (χ3n) is 3.65. The molecule has 2 N–H and O–H groups in total. The maximum absolute atomic E-state index is 4.50. The van der Waals surface area contributed by atoms with Crippen molar-refractivity contribution >= 4 is 11.8 Å². The van der Waals surface area contributed by atoms with Crippen LogP contribution in [0.4, 0.5) is 11.8 Å². The van der Waals surface area contributed by atoms with E-state index in [0.717, 1.165) is 23.6 Å². The van der Waals surface area contributed by atoms with Crippen LogP contribution >= 0.6 is 0 Å². The molecule has 0 aliphatic rings. The highest BCUT2D eigenvalue weighted by molar-refractivity contribution is 5.63. The van der Waals surface area contributed by atoms with E-state index >= 15 is 0 Å². The number of aromatic nitrogens is 3. The maximum Gasteiger partial charge on any atom is 0.224 e. The Kier molecular flexibility index (Phi) is 4.47. The van der Waals surface area contributed by atoms with Crippen LogP contribution in [0.2, 0.25) is 0 Å². The fraction of sp³-hybridized carbons (Fsp3) is 0.167. The number of hydrogen-bond acceptors (Lipinski definition) is 5. The van der Waals surface area contributed by atoms with Crippen molar-refractivity contribution in [1.82, 2.24) is 15.0 Å². The fourth-order valence-corrected chi connectivity index (χ4v) is 2.31. The van der Waals surface area contributed by atoms with Gasteiger partial charge in [-0.05, 0) is 30.2 Å². The predicted molar refractivity (Wildman–Crippen MR) is 93.3 cm³/mol. The van der Waals surface area contributed by atoms with Crippen LogP contribution in [-0.2, 0) is 6.54 Å². The Labute approximate surface area is 135 Å². The lowest BCUT2D eigenvalue weighted by Crippen LogP contribution is -2.06. The van der Waals surface area contributed by atoms with Crippen molar-refractivity contribution in [3.05, 3.63) is 66.0 Å². The van der Waals surface area contributed by atoms with Crippen LogP contribution in [0.1, 0.15) is 11.1 Å². The molecule has 0 radical (unpaired) electrons. The lowest BCUT2D eigenvalue weighted by atomic mass is 10.1. The Morgan fingerprint density at radius 2 is 1.78 bits per heavy atom. The highest BCUT2D eigenvalue weighted by Gasteiger charge is 2.06. The molecule has 1 aromatic carbocycles. The third kappa shape index (κ3) is 3.63. The van der Waals surface area contributed by atoms with Gasteiger partial charge in [0.15, 0.2) is 0 Å². The topological polar surface area (TPSA) is 62.7 Å². The molecular weight excluding hydrogens is 286 g/mol. The number of nitrogens with one attached hydrogen (secondary N) is 2. The minimum atomic E-state index is 0.589. The Balaban J connectivity index is 1.86. The molecule has 0 fully saturated rings. The fourth-order valence-electron chi connectivity index (χ4n) is 2.31. The van der Waals surface area contributed by atoms with Gasteiger partial charge in [-0.1, -0.05) is 24.3 Å². The molecule has 2 aromatic heterocycles. The first-order valence-corrected chi connectivity index (χ1v) is 7.52. The van der Waals surface area contributed by atoms with Gasteiger partial charge in [0.05, 0.1) is 5.69 Å². The number of pyridine rings is 1. The van der Waals surface area contributed by atoms with Crippen LogP contribution in [0.15, 0.2) is 54.9 Å². The van der Waals surface area contributed by atoms with Gasteiger partial charge < -0.3 is 10.6 Å². The molecule has 116 valence electrons. The zero-order valence-electron chi connectivity index (χ0n) is 13.2. The van der Waals surface area contributed by atoms with E-state index in [1.807, 2.05) is 37.4 Å². The summed E-state index contributed by atoms with van der Waals surface area (Å²) in [7, 11) is 1.82. The van der Waals surface area contributed by atoms with E-state index in [9.17, 15) is 0 Å². The summed E-state index contributed by atoms with van der Waals surface area (Å²) in [5, 5.41) is 6.39. The second-order valence-corrected chi connectivity index (χ2v) is 5.23. The molecule has 0 amide bonds. The van der Waals surface area contributed by atoms with Gasteiger partial charge in [-0.25, -0.2) is 4.98 Å². The monoisotopic (exact) mass is 305 g/mol. The Morgan fingerprint density at radius 3 is 2.52 bits per heavy atom. The van der Waals surface area contributed by atoms with Crippen molar-refractivity contribution in [2.24, 2.45) is 0 Å². The zero-order chi connectivity index (χ0) is 16.1. The van der Waals surface area contributed by atoms with Gasteiger partial charge in [-0.2, -0.15) is 4.98 Å². The molecule has 0 aliphatic carbocycles. The number of aryl methyl sites for hydroxylation is 1. The van der Waals surface area contributed by atoms with E-state index in [-0.39, 0.29) is 0 Å².